The van der Waals surface area contributed by atoms with Crippen LogP contribution in [0.25, 0.3) is 56.9 Å². The van der Waals surface area contributed by atoms with Crippen molar-refractivity contribution in [2.45, 2.75) is 13.0 Å². The van der Waals surface area contributed by atoms with Crippen LogP contribution in [0.4, 0.5) is 0 Å². The molecule has 2 heterocycles. The maximum Gasteiger partial charge on any atom is 0.344 e. The van der Waals surface area contributed by atoms with Crippen molar-refractivity contribution in [2.24, 2.45) is 0 Å². The van der Waals surface area contributed by atoms with Crippen LogP contribution < -0.4 is 4.74 Å². The van der Waals surface area contributed by atoms with E-state index in [0.29, 0.717) is 46.0 Å². The summed E-state index contributed by atoms with van der Waals surface area (Å²) >= 11 is 0. The van der Waals surface area contributed by atoms with E-state index >= 15 is 0 Å². The zero-order valence-corrected chi connectivity index (χ0v) is 21.5. The van der Waals surface area contributed by atoms with Crippen molar-refractivity contribution in [2.75, 3.05) is 0 Å². The molecule has 2 aromatic heterocycles. The topological polar surface area (TPSA) is 98.6 Å². The van der Waals surface area contributed by atoms with Crippen LogP contribution in [0, 0.1) is 0 Å². The maximum absolute atomic E-state index is 11.4. The number of benzene rings is 4. The predicted molar refractivity (Wildman–Crippen MR) is 151 cm³/mol. The van der Waals surface area contributed by atoms with Gasteiger partial charge in [0, 0.05) is 22.3 Å². The Hall–Kier alpha value is -5.43. The molecule has 6 aromatic rings. The SMILES string of the molecule is CC(Oc1cccc(-c2oc(-c3ccccc3)nc2-c2nc(-c3ccccc3)c(-c3ccccc3)o2)c1)C(=O)O. The number of ether oxygens (including phenoxy) is 1. The number of carboxylic acid groups (broad SMARTS) is 1. The fourth-order valence-electron chi connectivity index (χ4n) is 4.33. The first-order valence-electron chi connectivity index (χ1n) is 12.7. The van der Waals surface area contributed by atoms with Gasteiger partial charge in [-0.15, -0.1) is 0 Å². The smallest absolute Gasteiger partial charge is 0.344 e. The lowest BCUT2D eigenvalue weighted by Crippen LogP contribution is -2.22. The Kier molecular flexibility index (Phi) is 6.68. The number of aromatic nitrogens is 2. The lowest BCUT2D eigenvalue weighted by molar-refractivity contribution is -0.144. The lowest BCUT2D eigenvalue weighted by atomic mass is 10.1. The number of hydrogen-bond donors (Lipinski definition) is 1. The van der Waals surface area contributed by atoms with Crippen molar-refractivity contribution in [1.29, 1.82) is 0 Å². The molecule has 7 nitrogen and oxygen atoms in total. The third kappa shape index (κ3) is 5.00. The highest BCUT2D eigenvalue weighted by molar-refractivity contribution is 5.82. The number of carbonyl (C=O) groups is 1. The minimum absolute atomic E-state index is 0.295. The minimum atomic E-state index is -1.06. The molecule has 6 rings (SSSR count). The summed E-state index contributed by atoms with van der Waals surface area (Å²) in [6.07, 6.45) is -1.02. The number of nitrogens with zero attached hydrogens (tertiary/aromatic N) is 2. The number of oxazole rings is 2. The highest BCUT2D eigenvalue weighted by Gasteiger charge is 2.26. The van der Waals surface area contributed by atoms with Gasteiger partial charge < -0.3 is 18.7 Å². The van der Waals surface area contributed by atoms with Gasteiger partial charge in [-0.25, -0.2) is 14.8 Å². The molecule has 0 fully saturated rings. The molecule has 4 aromatic carbocycles. The molecule has 0 saturated heterocycles. The van der Waals surface area contributed by atoms with E-state index in [9.17, 15) is 9.90 Å². The second-order valence-electron chi connectivity index (χ2n) is 9.12. The number of hydrogen-bond acceptors (Lipinski definition) is 6. The van der Waals surface area contributed by atoms with E-state index in [1.54, 1.807) is 18.2 Å². The maximum atomic E-state index is 11.4. The molecule has 0 amide bonds. The highest BCUT2D eigenvalue weighted by atomic mass is 16.5. The summed E-state index contributed by atoms with van der Waals surface area (Å²) in [4.78, 5) is 21.1. The molecule has 0 radical (unpaired) electrons. The summed E-state index contributed by atoms with van der Waals surface area (Å²) < 4.78 is 18.4. The minimum Gasteiger partial charge on any atom is -0.479 e. The second-order valence-corrected chi connectivity index (χ2v) is 9.12. The van der Waals surface area contributed by atoms with Crippen LogP contribution in [-0.2, 0) is 4.79 Å². The summed E-state index contributed by atoms with van der Waals surface area (Å²) in [6.45, 7) is 1.48. The Bertz CT molecular complexity index is 1700. The van der Waals surface area contributed by atoms with Crippen molar-refractivity contribution >= 4 is 5.97 Å². The molecule has 0 saturated carbocycles. The normalized spacial score (nSPS) is 11.7. The Morgan fingerprint density at radius 2 is 1.18 bits per heavy atom. The van der Waals surface area contributed by atoms with Crippen LogP contribution >= 0.6 is 0 Å². The van der Waals surface area contributed by atoms with Crippen molar-refractivity contribution in [3.05, 3.63) is 115 Å². The summed E-state index contributed by atoms with van der Waals surface area (Å²) in [5.41, 5.74) is 4.32. The molecular weight excluding hydrogens is 504 g/mol. The van der Waals surface area contributed by atoms with Crippen molar-refractivity contribution in [3.63, 3.8) is 0 Å². The highest BCUT2D eigenvalue weighted by Crippen LogP contribution is 2.41. The van der Waals surface area contributed by atoms with Crippen LogP contribution in [-0.4, -0.2) is 27.1 Å². The van der Waals surface area contributed by atoms with Crippen molar-refractivity contribution in [3.8, 4) is 62.7 Å². The fourth-order valence-corrected chi connectivity index (χ4v) is 4.33. The Balaban J connectivity index is 1.53. The summed E-state index contributed by atoms with van der Waals surface area (Å²) in [6, 6.07) is 36.2. The van der Waals surface area contributed by atoms with Gasteiger partial charge in [-0.2, -0.15) is 0 Å². The van der Waals surface area contributed by atoms with Crippen LogP contribution in [0.15, 0.2) is 124 Å². The molecule has 0 spiro atoms. The first-order valence-corrected chi connectivity index (χ1v) is 12.7. The molecule has 196 valence electrons. The van der Waals surface area contributed by atoms with E-state index in [1.165, 1.54) is 6.92 Å². The van der Waals surface area contributed by atoms with Crippen LogP contribution in [0.1, 0.15) is 6.92 Å². The molecule has 0 bridgehead atoms. The van der Waals surface area contributed by atoms with Gasteiger partial charge in [0.2, 0.25) is 11.8 Å². The molecule has 40 heavy (non-hydrogen) atoms. The fraction of sp³-hybridized carbons (Fsp3) is 0.0606. The Morgan fingerprint density at radius 1 is 0.650 bits per heavy atom. The molecule has 7 heteroatoms. The van der Waals surface area contributed by atoms with Crippen molar-refractivity contribution in [1.82, 2.24) is 9.97 Å². The second kappa shape index (κ2) is 10.7. The van der Waals surface area contributed by atoms with E-state index in [2.05, 4.69) is 0 Å². The average molecular weight is 529 g/mol. The van der Waals surface area contributed by atoms with E-state index in [4.69, 9.17) is 23.5 Å². The van der Waals surface area contributed by atoms with E-state index in [0.717, 1.165) is 16.7 Å². The zero-order chi connectivity index (χ0) is 27.5. The Labute approximate surface area is 230 Å². The molecule has 1 unspecified atom stereocenters. The number of rotatable bonds is 8. The molecular formula is C33H24N2O5. The van der Waals surface area contributed by atoms with Crippen LogP contribution in [0.3, 0.4) is 0 Å². The molecule has 0 aliphatic carbocycles. The van der Waals surface area contributed by atoms with Gasteiger partial charge in [0.1, 0.15) is 11.4 Å². The standard InChI is InChI=1S/C33H24N2O5/c1-21(33(36)37)38-26-19-11-18-25(20-26)30-28(35-31(39-30)24-16-9-4-10-17-24)32-34-27(22-12-5-2-6-13-22)29(40-32)23-14-7-3-8-15-23/h2-21H,1H3,(H,36,37). The van der Waals surface area contributed by atoms with E-state index < -0.39 is 12.1 Å². The monoisotopic (exact) mass is 528 g/mol. The predicted octanol–water partition coefficient (Wildman–Crippen LogP) is 7.85. The van der Waals surface area contributed by atoms with Crippen LogP contribution in [0.5, 0.6) is 5.75 Å². The van der Waals surface area contributed by atoms with Gasteiger partial charge in [0.25, 0.3) is 0 Å². The van der Waals surface area contributed by atoms with Gasteiger partial charge >= 0.3 is 5.97 Å². The summed E-state index contributed by atoms with van der Waals surface area (Å²) in [5, 5.41) is 9.29. The van der Waals surface area contributed by atoms with E-state index in [1.807, 2.05) is 97.1 Å². The van der Waals surface area contributed by atoms with Gasteiger partial charge in [-0.3, -0.25) is 0 Å². The van der Waals surface area contributed by atoms with Crippen LogP contribution in [0.2, 0.25) is 0 Å². The first-order chi connectivity index (χ1) is 19.6. The average Bonchev–Trinajstić information content (AvgIpc) is 3.64. The third-order valence-corrected chi connectivity index (χ3v) is 6.32. The molecule has 1 N–H and O–H groups in total. The summed E-state index contributed by atoms with van der Waals surface area (Å²) in [7, 11) is 0. The van der Waals surface area contributed by atoms with E-state index in [-0.39, 0.29) is 0 Å². The van der Waals surface area contributed by atoms with Gasteiger partial charge in [0.15, 0.2) is 23.3 Å². The Morgan fingerprint density at radius 3 is 1.82 bits per heavy atom. The first kappa shape index (κ1) is 24.9. The van der Waals surface area contributed by atoms with Gasteiger partial charge in [-0.05, 0) is 31.2 Å². The van der Waals surface area contributed by atoms with Gasteiger partial charge in [-0.1, -0.05) is 91.0 Å². The quantitative estimate of drug-likeness (QED) is 0.215. The third-order valence-electron chi connectivity index (χ3n) is 6.32. The summed E-state index contributed by atoms with van der Waals surface area (Å²) in [5.74, 6) is 1.06. The van der Waals surface area contributed by atoms with Gasteiger partial charge in [0.05, 0.1) is 0 Å². The van der Waals surface area contributed by atoms with Crippen molar-refractivity contribution < 1.29 is 23.5 Å². The number of aliphatic carboxylic acids is 1. The molecule has 1 atom stereocenters. The number of carboxylic acids is 1. The molecule has 0 aliphatic rings. The lowest BCUT2D eigenvalue weighted by Gasteiger charge is -2.11. The zero-order valence-electron chi connectivity index (χ0n) is 21.5. The largest absolute Gasteiger partial charge is 0.479 e. The molecule has 0 aliphatic heterocycles.